The molecule has 1 aromatic heterocycles. The van der Waals surface area contributed by atoms with E-state index in [1.807, 2.05) is 29.1 Å². The smallest absolute Gasteiger partial charge is 0.126 e. The van der Waals surface area contributed by atoms with E-state index in [0.717, 1.165) is 23.4 Å². The molecule has 1 aliphatic rings. The lowest BCUT2D eigenvalue weighted by Gasteiger charge is -2.11. The Balaban J connectivity index is 2.12. The molecule has 4 heteroatoms. The normalized spacial score (nSPS) is 14.8. The maximum Gasteiger partial charge on any atom is 0.126 e. The molecule has 98 valence electrons. The van der Waals surface area contributed by atoms with Gasteiger partial charge in [0.05, 0.1) is 12.3 Å². The zero-order valence-electron chi connectivity index (χ0n) is 10.8. The molecule has 19 heavy (non-hydrogen) atoms. The van der Waals surface area contributed by atoms with E-state index in [0.29, 0.717) is 12.5 Å². The fourth-order valence-electron chi connectivity index (χ4n) is 2.33. The van der Waals surface area contributed by atoms with Crippen molar-refractivity contribution in [3.05, 3.63) is 47.8 Å². The Morgan fingerprint density at radius 3 is 3.05 bits per heavy atom. The molecule has 2 heterocycles. The lowest BCUT2D eigenvalue weighted by molar-refractivity contribution is 0.324. The molecule has 3 rings (SSSR count). The van der Waals surface area contributed by atoms with Gasteiger partial charge < -0.3 is 4.74 Å². The van der Waals surface area contributed by atoms with Gasteiger partial charge in [0.2, 0.25) is 0 Å². The molecule has 0 saturated carbocycles. The number of hydrogen-bond acceptors (Lipinski definition) is 2. The molecule has 0 amide bonds. The Labute approximate surface area is 117 Å². The summed E-state index contributed by atoms with van der Waals surface area (Å²) in [5.41, 5.74) is 4.61. The van der Waals surface area contributed by atoms with E-state index in [2.05, 4.69) is 18.1 Å². The van der Waals surface area contributed by atoms with Crippen LogP contribution in [0.5, 0.6) is 5.75 Å². The maximum absolute atomic E-state index is 6.02. The summed E-state index contributed by atoms with van der Waals surface area (Å²) in [5.74, 6) is 1.48. The third-order valence-electron chi connectivity index (χ3n) is 3.49. The molecule has 1 aromatic carbocycles. The van der Waals surface area contributed by atoms with Crippen LogP contribution in [-0.2, 0) is 0 Å². The van der Waals surface area contributed by atoms with Gasteiger partial charge in [0.15, 0.2) is 0 Å². The molecule has 0 spiro atoms. The lowest BCUT2D eigenvalue weighted by Crippen LogP contribution is -1.99. The third-order valence-corrected chi connectivity index (χ3v) is 3.81. The number of allylic oxidation sites excluding steroid dienone is 1. The summed E-state index contributed by atoms with van der Waals surface area (Å²) in [6.45, 7) is 2.80. The van der Waals surface area contributed by atoms with Crippen LogP contribution in [0.2, 0.25) is 0 Å². The summed E-state index contributed by atoms with van der Waals surface area (Å²) in [6.07, 6.45) is 4.59. The minimum absolute atomic E-state index is 0.556. The number of halogens is 1. The first kappa shape index (κ1) is 12.3. The highest BCUT2D eigenvalue weighted by Crippen LogP contribution is 2.34. The molecule has 0 atom stereocenters. The SMILES string of the molecule is CC1=C(CCl)CCOc2ccc(-n3cccn3)cc21. The van der Waals surface area contributed by atoms with Crippen molar-refractivity contribution >= 4 is 17.2 Å². The first-order chi connectivity index (χ1) is 9.29. The van der Waals surface area contributed by atoms with E-state index in [1.165, 1.54) is 11.1 Å². The summed E-state index contributed by atoms with van der Waals surface area (Å²) in [6, 6.07) is 8.04. The Bertz CT molecular complexity index is 617. The van der Waals surface area contributed by atoms with E-state index in [4.69, 9.17) is 16.3 Å². The highest BCUT2D eigenvalue weighted by molar-refractivity contribution is 6.20. The number of benzene rings is 1. The molecule has 0 radical (unpaired) electrons. The van der Waals surface area contributed by atoms with Crippen molar-refractivity contribution in [1.82, 2.24) is 9.78 Å². The van der Waals surface area contributed by atoms with E-state index in [1.54, 1.807) is 6.20 Å². The molecule has 0 unspecified atom stereocenters. The number of alkyl halides is 1. The summed E-state index contributed by atoms with van der Waals surface area (Å²) >= 11 is 6.02. The zero-order valence-corrected chi connectivity index (χ0v) is 11.5. The van der Waals surface area contributed by atoms with Crippen LogP contribution < -0.4 is 4.74 Å². The van der Waals surface area contributed by atoms with Gasteiger partial charge in [-0.05, 0) is 42.3 Å². The molecule has 0 fully saturated rings. The molecule has 0 aliphatic carbocycles. The molecule has 0 N–H and O–H groups in total. The monoisotopic (exact) mass is 274 g/mol. The van der Waals surface area contributed by atoms with Gasteiger partial charge >= 0.3 is 0 Å². The molecular formula is C15H15ClN2O. The van der Waals surface area contributed by atoms with Gasteiger partial charge in [0.1, 0.15) is 5.75 Å². The number of fused-ring (bicyclic) bond motifs is 1. The van der Waals surface area contributed by atoms with Crippen LogP contribution in [0.1, 0.15) is 18.9 Å². The van der Waals surface area contributed by atoms with Crippen molar-refractivity contribution in [2.24, 2.45) is 0 Å². The standard InChI is InChI=1S/C15H15ClN2O/c1-11-12(10-16)5-8-19-15-4-3-13(9-14(11)15)18-7-2-6-17-18/h2-4,6-7,9H,5,8,10H2,1H3. The fourth-order valence-corrected chi connectivity index (χ4v) is 2.66. The molecule has 0 bridgehead atoms. The maximum atomic E-state index is 6.02. The second-order valence-electron chi connectivity index (χ2n) is 4.59. The predicted octanol–water partition coefficient (Wildman–Crippen LogP) is 3.67. The molecular weight excluding hydrogens is 260 g/mol. The topological polar surface area (TPSA) is 27.1 Å². The number of ether oxygens (including phenoxy) is 1. The van der Waals surface area contributed by atoms with Gasteiger partial charge in [-0.3, -0.25) is 0 Å². The Hall–Kier alpha value is -1.74. The van der Waals surface area contributed by atoms with Gasteiger partial charge in [-0.1, -0.05) is 0 Å². The average Bonchev–Trinajstić information content (AvgIpc) is 2.92. The van der Waals surface area contributed by atoms with Crippen LogP contribution in [0, 0.1) is 0 Å². The van der Waals surface area contributed by atoms with E-state index in [9.17, 15) is 0 Å². The second-order valence-corrected chi connectivity index (χ2v) is 4.86. The molecule has 0 saturated heterocycles. The quantitative estimate of drug-likeness (QED) is 0.782. The van der Waals surface area contributed by atoms with E-state index >= 15 is 0 Å². The Morgan fingerprint density at radius 2 is 2.32 bits per heavy atom. The largest absolute Gasteiger partial charge is 0.493 e. The first-order valence-electron chi connectivity index (χ1n) is 6.31. The fraction of sp³-hybridized carbons (Fsp3) is 0.267. The summed E-state index contributed by atoms with van der Waals surface area (Å²) in [5, 5.41) is 4.26. The first-order valence-corrected chi connectivity index (χ1v) is 6.85. The van der Waals surface area contributed by atoms with Crippen molar-refractivity contribution in [2.75, 3.05) is 12.5 Å². The molecule has 2 aromatic rings. The number of rotatable bonds is 2. The van der Waals surface area contributed by atoms with Gasteiger partial charge in [0, 0.05) is 30.3 Å². The highest BCUT2D eigenvalue weighted by atomic mass is 35.5. The summed E-state index contributed by atoms with van der Waals surface area (Å²) in [4.78, 5) is 0. The van der Waals surface area contributed by atoms with Crippen LogP contribution >= 0.6 is 11.6 Å². The summed E-state index contributed by atoms with van der Waals surface area (Å²) < 4.78 is 7.64. The van der Waals surface area contributed by atoms with Gasteiger partial charge in [0.25, 0.3) is 0 Å². The minimum atomic E-state index is 0.556. The summed E-state index contributed by atoms with van der Waals surface area (Å²) in [7, 11) is 0. The Kier molecular flexibility index (Phi) is 3.30. The van der Waals surface area contributed by atoms with Gasteiger partial charge in [-0.2, -0.15) is 5.10 Å². The van der Waals surface area contributed by atoms with E-state index in [-0.39, 0.29) is 0 Å². The van der Waals surface area contributed by atoms with Crippen LogP contribution in [-0.4, -0.2) is 22.3 Å². The van der Waals surface area contributed by atoms with Crippen molar-refractivity contribution in [2.45, 2.75) is 13.3 Å². The van der Waals surface area contributed by atoms with Crippen LogP contribution in [0.3, 0.4) is 0 Å². The van der Waals surface area contributed by atoms with Crippen LogP contribution in [0.4, 0.5) is 0 Å². The van der Waals surface area contributed by atoms with Crippen molar-refractivity contribution in [1.29, 1.82) is 0 Å². The lowest BCUT2D eigenvalue weighted by atomic mass is 10.00. The third kappa shape index (κ3) is 2.26. The van der Waals surface area contributed by atoms with Gasteiger partial charge in [-0.15, -0.1) is 11.6 Å². The zero-order chi connectivity index (χ0) is 13.2. The van der Waals surface area contributed by atoms with Crippen molar-refractivity contribution in [3.63, 3.8) is 0 Å². The van der Waals surface area contributed by atoms with Crippen molar-refractivity contribution in [3.8, 4) is 11.4 Å². The predicted molar refractivity (Wildman–Crippen MR) is 77.0 cm³/mol. The average molecular weight is 275 g/mol. The van der Waals surface area contributed by atoms with Crippen molar-refractivity contribution < 1.29 is 4.74 Å². The van der Waals surface area contributed by atoms with Crippen LogP contribution in [0.15, 0.2) is 42.2 Å². The second kappa shape index (κ2) is 5.10. The van der Waals surface area contributed by atoms with E-state index < -0.39 is 0 Å². The molecule has 1 aliphatic heterocycles. The number of hydrogen-bond donors (Lipinski definition) is 0. The Morgan fingerprint density at radius 1 is 1.42 bits per heavy atom. The number of aromatic nitrogens is 2. The number of nitrogens with zero attached hydrogens (tertiary/aromatic N) is 2. The van der Waals surface area contributed by atoms with Crippen LogP contribution in [0.25, 0.3) is 11.3 Å². The highest BCUT2D eigenvalue weighted by Gasteiger charge is 2.15. The van der Waals surface area contributed by atoms with Gasteiger partial charge in [-0.25, -0.2) is 4.68 Å². The molecule has 3 nitrogen and oxygen atoms in total. The minimum Gasteiger partial charge on any atom is -0.493 e.